The van der Waals surface area contributed by atoms with Gasteiger partial charge in [0.1, 0.15) is 11.9 Å². The minimum atomic E-state index is -0.755. The van der Waals surface area contributed by atoms with Crippen molar-refractivity contribution >= 4 is 12.0 Å². The zero-order valence-corrected chi connectivity index (χ0v) is 17.7. The van der Waals surface area contributed by atoms with E-state index in [1.165, 1.54) is 32.1 Å². The molecule has 156 valence electrons. The average Bonchev–Trinajstić information content (AvgIpc) is 3.54. The molecule has 5 rings (SSSR count). The minimum Gasteiger partial charge on any atom is -0.489 e. The van der Waals surface area contributed by atoms with Crippen LogP contribution < -0.4 is 4.74 Å². The summed E-state index contributed by atoms with van der Waals surface area (Å²) in [7, 11) is 0. The molecule has 0 radical (unpaired) electrons. The van der Waals surface area contributed by atoms with Crippen LogP contribution in [0.15, 0.2) is 42.5 Å². The van der Waals surface area contributed by atoms with E-state index in [-0.39, 0.29) is 17.9 Å². The number of fused-ring (bicyclic) bond motifs is 2. The predicted octanol–water partition coefficient (Wildman–Crippen LogP) is 6.14. The van der Waals surface area contributed by atoms with Crippen LogP contribution in [-0.4, -0.2) is 17.2 Å². The van der Waals surface area contributed by atoms with Gasteiger partial charge in [0.2, 0.25) is 0 Å². The molecule has 1 aliphatic heterocycles. The summed E-state index contributed by atoms with van der Waals surface area (Å²) in [5.74, 6) is 0.826. The highest BCUT2D eigenvalue weighted by atomic mass is 16.5. The molecular formula is C27H30O3. The Morgan fingerprint density at radius 2 is 2.17 bits per heavy atom. The van der Waals surface area contributed by atoms with Crippen molar-refractivity contribution in [3.8, 4) is 5.75 Å². The van der Waals surface area contributed by atoms with Gasteiger partial charge in [-0.3, -0.25) is 4.79 Å². The second-order valence-corrected chi connectivity index (χ2v) is 9.62. The van der Waals surface area contributed by atoms with Crippen LogP contribution in [0.2, 0.25) is 0 Å². The first-order valence-electron chi connectivity index (χ1n) is 11.3. The summed E-state index contributed by atoms with van der Waals surface area (Å²) < 4.78 is 6.63. The molecule has 0 aromatic heterocycles. The molecule has 1 fully saturated rings. The highest BCUT2D eigenvalue weighted by Gasteiger charge is 2.42. The van der Waals surface area contributed by atoms with E-state index < -0.39 is 5.97 Å². The Bertz CT molecular complexity index is 1010. The molecule has 3 heteroatoms. The normalized spacial score (nSPS) is 26.8. The number of carboxylic acid groups (broad SMARTS) is 1. The van der Waals surface area contributed by atoms with Crippen molar-refractivity contribution in [3.05, 3.63) is 70.3 Å². The molecule has 3 atom stereocenters. The van der Waals surface area contributed by atoms with E-state index in [2.05, 4.69) is 43.3 Å². The molecule has 2 aliphatic carbocycles. The monoisotopic (exact) mass is 402 g/mol. The third-order valence-electron chi connectivity index (χ3n) is 7.40. The maximum absolute atomic E-state index is 10.9. The van der Waals surface area contributed by atoms with Gasteiger partial charge in [-0.25, -0.2) is 0 Å². The SMILES string of the molecule is CC1(C2CC=Cc3cc(CCC(=O)O)ccc3O2)CCCC(c2cccc3c2C3)C1. The second kappa shape index (κ2) is 7.61. The highest BCUT2D eigenvalue weighted by Crippen LogP contribution is 2.50. The Hall–Kier alpha value is -2.55. The van der Waals surface area contributed by atoms with E-state index in [1.807, 2.05) is 12.1 Å². The fraction of sp³-hybridized carbons (Fsp3) is 0.444. The Kier molecular flexibility index (Phi) is 4.92. The number of ether oxygens (including phenoxy) is 1. The summed E-state index contributed by atoms with van der Waals surface area (Å²) in [6.45, 7) is 2.42. The Morgan fingerprint density at radius 3 is 3.03 bits per heavy atom. The van der Waals surface area contributed by atoms with E-state index in [0.717, 1.165) is 23.3 Å². The van der Waals surface area contributed by atoms with Crippen LogP contribution in [0.3, 0.4) is 0 Å². The molecule has 1 N–H and O–H groups in total. The number of hydrogen-bond donors (Lipinski definition) is 1. The van der Waals surface area contributed by atoms with E-state index in [1.54, 1.807) is 16.7 Å². The van der Waals surface area contributed by atoms with Gasteiger partial charge in [0, 0.05) is 23.8 Å². The molecule has 2 aromatic carbocycles. The maximum atomic E-state index is 10.9. The Morgan fingerprint density at radius 1 is 1.27 bits per heavy atom. The van der Waals surface area contributed by atoms with Gasteiger partial charge in [-0.2, -0.15) is 0 Å². The lowest BCUT2D eigenvalue weighted by atomic mass is 9.65. The summed E-state index contributed by atoms with van der Waals surface area (Å²) in [5.41, 5.74) is 7.02. The molecule has 1 saturated carbocycles. The van der Waals surface area contributed by atoms with Crippen molar-refractivity contribution in [2.24, 2.45) is 5.41 Å². The average molecular weight is 403 g/mol. The lowest BCUT2D eigenvalue weighted by Crippen LogP contribution is -2.40. The number of benzene rings is 2. The maximum Gasteiger partial charge on any atom is 0.303 e. The zero-order valence-electron chi connectivity index (χ0n) is 17.7. The molecule has 0 amide bonds. The van der Waals surface area contributed by atoms with Crippen LogP contribution in [0.4, 0.5) is 0 Å². The second-order valence-electron chi connectivity index (χ2n) is 9.62. The van der Waals surface area contributed by atoms with Gasteiger partial charge in [0.25, 0.3) is 0 Å². The molecule has 3 nitrogen and oxygen atoms in total. The van der Waals surface area contributed by atoms with Gasteiger partial charge in [-0.05, 0) is 72.4 Å². The number of hydrogen-bond acceptors (Lipinski definition) is 2. The van der Waals surface area contributed by atoms with Crippen molar-refractivity contribution in [1.29, 1.82) is 0 Å². The van der Waals surface area contributed by atoms with E-state index in [0.29, 0.717) is 12.3 Å². The van der Waals surface area contributed by atoms with Crippen molar-refractivity contribution in [1.82, 2.24) is 0 Å². The van der Waals surface area contributed by atoms with Gasteiger partial charge >= 0.3 is 5.97 Å². The first-order valence-corrected chi connectivity index (χ1v) is 11.3. The molecule has 30 heavy (non-hydrogen) atoms. The van der Waals surface area contributed by atoms with Gasteiger partial charge < -0.3 is 9.84 Å². The third kappa shape index (κ3) is 3.78. The number of carbonyl (C=O) groups is 1. The van der Waals surface area contributed by atoms with Gasteiger partial charge in [-0.15, -0.1) is 0 Å². The first-order chi connectivity index (χ1) is 14.5. The molecular weight excluding hydrogens is 372 g/mol. The van der Waals surface area contributed by atoms with E-state index in [4.69, 9.17) is 9.84 Å². The number of rotatable bonds is 5. The molecule has 1 heterocycles. The largest absolute Gasteiger partial charge is 0.489 e. The predicted molar refractivity (Wildman–Crippen MR) is 119 cm³/mol. The van der Waals surface area contributed by atoms with Crippen molar-refractivity contribution in [2.45, 2.75) is 70.3 Å². The molecule has 2 aromatic rings. The molecule has 0 spiro atoms. The molecule has 0 saturated heterocycles. The summed E-state index contributed by atoms with van der Waals surface area (Å²) in [4.78, 5) is 10.9. The Balaban J connectivity index is 1.34. The smallest absolute Gasteiger partial charge is 0.303 e. The number of aliphatic carboxylic acids is 1. The van der Waals surface area contributed by atoms with E-state index >= 15 is 0 Å². The van der Waals surface area contributed by atoms with Crippen molar-refractivity contribution in [2.75, 3.05) is 0 Å². The summed E-state index contributed by atoms with van der Waals surface area (Å²) in [6, 6.07) is 13.0. The topological polar surface area (TPSA) is 46.5 Å². The van der Waals surface area contributed by atoms with Crippen LogP contribution in [0, 0.1) is 5.41 Å². The first kappa shape index (κ1) is 19.4. The summed E-state index contributed by atoms with van der Waals surface area (Å²) in [5, 5.41) is 8.95. The summed E-state index contributed by atoms with van der Waals surface area (Å²) >= 11 is 0. The zero-order chi connectivity index (χ0) is 20.7. The highest BCUT2D eigenvalue weighted by molar-refractivity contribution is 5.67. The molecule has 3 aliphatic rings. The fourth-order valence-electron chi connectivity index (χ4n) is 5.61. The van der Waals surface area contributed by atoms with Crippen molar-refractivity contribution in [3.63, 3.8) is 0 Å². The van der Waals surface area contributed by atoms with Gasteiger partial charge in [0.05, 0.1) is 0 Å². The Labute approximate surface area is 178 Å². The minimum absolute atomic E-state index is 0.161. The molecule has 3 unspecified atom stereocenters. The third-order valence-corrected chi connectivity index (χ3v) is 7.40. The van der Waals surface area contributed by atoms with Crippen molar-refractivity contribution < 1.29 is 14.6 Å². The van der Waals surface area contributed by atoms with Gasteiger partial charge in [0.15, 0.2) is 0 Å². The van der Waals surface area contributed by atoms with Crippen LogP contribution in [0.1, 0.15) is 79.2 Å². The fourth-order valence-corrected chi connectivity index (χ4v) is 5.61. The summed E-state index contributed by atoms with van der Waals surface area (Å²) in [6.07, 6.45) is 12.4. The standard InChI is InChI=1S/C27H30O3/c1-27(14-4-7-21(17-27)22-8-2-5-19-16-23(19)22)25-9-3-6-20-15-18(11-13-26(28)29)10-12-24(20)30-25/h2-3,5-6,8,10,12,15,21,25H,4,7,9,11,13-14,16-17H2,1H3,(H,28,29). The van der Waals surface area contributed by atoms with E-state index in [9.17, 15) is 4.79 Å². The number of aryl methyl sites for hydroxylation is 1. The van der Waals surface area contributed by atoms with Gasteiger partial charge in [-0.1, -0.05) is 49.8 Å². The van der Waals surface area contributed by atoms with Crippen LogP contribution >= 0.6 is 0 Å². The van der Waals surface area contributed by atoms with Crippen LogP contribution in [0.25, 0.3) is 6.08 Å². The lowest BCUT2D eigenvalue weighted by molar-refractivity contribution is -0.136. The lowest BCUT2D eigenvalue weighted by Gasteiger charge is -2.43. The number of carboxylic acids is 1. The van der Waals surface area contributed by atoms with Crippen LogP contribution in [0.5, 0.6) is 5.75 Å². The van der Waals surface area contributed by atoms with Crippen LogP contribution in [-0.2, 0) is 17.6 Å². The molecule has 0 bridgehead atoms. The quantitative estimate of drug-likeness (QED) is 0.558.